The second-order valence-corrected chi connectivity index (χ2v) is 5.50. The number of rotatable bonds is 5. The molecule has 0 saturated carbocycles. The number of thiophene rings is 1. The van der Waals surface area contributed by atoms with Crippen LogP contribution in [0, 0.1) is 6.92 Å². The van der Waals surface area contributed by atoms with E-state index in [9.17, 15) is 9.59 Å². The van der Waals surface area contributed by atoms with Gasteiger partial charge in [-0.25, -0.2) is 4.98 Å². The minimum absolute atomic E-state index is 0.0632. The number of carbonyl (C=O) groups is 2. The molecule has 9 heteroatoms. The van der Waals surface area contributed by atoms with E-state index < -0.39 is 11.8 Å². The number of nitrogens with zero attached hydrogens (tertiary/aromatic N) is 3. The molecular weight excluding hydrogens is 280 g/mol. The maximum Gasteiger partial charge on any atom is 0.237 e. The molecule has 0 spiro atoms. The van der Waals surface area contributed by atoms with Crippen molar-refractivity contribution < 1.29 is 9.59 Å². The minimum atomic E-state index is -0.594. The summed E-state index contributed by atoms with van der Waals surface area (Å²) in [5.74, 6) is -0.741. The molecule has 106 valence electrons. The largest absolute Gasteiger partial charge is 0.368 e. The van der Waals surface area contributed by atoms with E-state index in [2.05, 4.69) is 9.97 Å². The van der Waals surface area contributed by atoms with Crippen LogP contribution >= 0.6 is 11.3 Å². The Balaban J connectivity index is 2.55. The molecule has 0 aliphatic carbocycles. The summed E-state index contributed by atoms with van der Waals surface area (Å²) >= 11 is 1.45. The molecule has 0 radical (unpaired) electrons. The summed E-state index contributed by atoms with van der Waals surface area (Å²) in [6, 6.07) is 1.86. The van der Waals surface area contributed by atoms with E-state index in [1.807, 2.05) is 13.0 Å². The van der Waals surface area contributed by atoms with Crippen molar-refractivity contribution in [2.75, 3.05) is 23.7 Å². The van der Waals surface area contributed by atoms with Crippen molar-refractivity contribution in [3.8, 4) is 0 Å². The molecule has 2 amide bonds. The van der Waals surface area contributed by atoms with E-state index in [0.29, 0.717) is 16.0 Å². The third kappa shape index (κ3) is 2.94. The van der Waals surface area contributed by atoms with Crippen LogP contribution in [-0.2, 0) is 9.59 Å². The van der Waals surface area contributed by atoms with Gasteiger partial charge in [-0.3, -0.25) is 9.59 Å². The Morgan fingerprint density at radius 1 is 1.25 bits per heavy atom. The third-order valence-corrected chi connectivity index (χ3v) is 3.45. The molecule has 0 aliphatic rings. The van der Waals surface area contributed by atoms with Crippen LogP contribution in [0.15, 0.2) is 6.07 Å². The number of aromatic nitrogens is 2. The number of anilines is 2. The fourth-order valence-electron chi connectivity index (χ4n) is 1.87. The van der Waals surface area contributed by atoms with Crippen LogP contribution in [0.2, 0.25) is 0 Å². The number of fused-ring (bicyclic) bond motifs is 1. The van der Waals surface area contributed by atoms with Crippen molar-refractivity contribution >= 4 is 45.1 Å². The Bertz CT molecular complexity index is 667. The summed E-state index contributed by atoms with van der Waals surface area (Å²) in [5, 5.41) is 0.712. The summed E-state index contributed by atoms with van der Waals surface area (Å²) in [4.78, 5) is 33.6. The first-order valence-corrected chi connectivity index (χ1v) is 6.53. The zero-order chi connectivity index (χ0) is 14.9. The third-order valence-electron chi connectivity index (χ3n) is 2.51. The first-order chi connectivity index (χ1) is 9.36. The second-order valence-electron chi connectivity index (χ2n) is 4.27. The summed E-state index contributed by atoms with van der Waals surface area (Å²) < 4.78 is 0. The normalized spacial score (nSPS) is 10.7. The summed E-state index contributed by atoms with van der Waals surface area (Å²) in [7, 11) is 0. The lowest BCUT2D eigenvalue weighted by atomic mass is 10.3. The van der Waals surface area contributed by atoms with Crippen LogP contribution < -0.4 is 22.1 Å². The van der Waals surface area contributed by atoms with Gasteiger partial charge in [0.15, 0.2) is 0 Å². The molecule has 0 fully saturated rings. The molecule has 0 aromatic carbocycles. The summed E-state index contributed by atoms with van der Waals surface area (Å²) in [6.07, 6.45) is 0. The van der Waals surface area contributed by atoms with Crippen molar-refractivity contribution in [2.45, 2.75) is 6.92 Å². The quantitative estimate of drug-likeness (QED) is 0.669. The molecule has 8 nitrogen and oxygen atoms in total. The van der Waals surface area contributed by atoms with E-state index in [1.54, 1.807) is 0 Å². The van der Waals surface area contributed by atoms with Crippen molar-refractivity contribution in [3.63, 3.8) is 0 Å². The monoisotopic (exact) mass is 294 g/mol. The highest BCUT2D eigenvalue weighted by molar-refractivity contribution is 7.18. The minimum Gasteiger partial charge on any atom is -0.368 e. The Morgan fingerprint density at radius 2 is 1.85 bits per heavy atom. The lowest BCUT2D eigenvalue weighted by molar-refractivity contribution is -0.117. The van der Waals surface area contributed by atoms with Crippen LogP contribution in [0.25, 0.3) is 10.2 Å². The molecule has 6 N–H and O–H groups in total. The van der Waals surface area contributed by atoms with Gasteiger partial charge in [-0.1, -0.05) is 0 Å². The Hall–Kier alpha value is -2.42. The van der Waals surface area contributed by atoms with E-state index >= 15 is 0 Å². The topological polar surface area (TPSA) is 141 Å². The number of hydrogen-bond acceptors (Lipinski definition) is 7. The number of hydrogen-bond donors (Lipinski definition) is 3. The Kier molecular flexibility index (Phi) is 3.70. The van der Waals surface area contributed by atoms with E-state index in [-0.39, 0.29) is 19.0 Å². The van der Waals surface area contributed by atoms with Crippen molar-refractivity contribution in [1.82, 2.24) is 9.97 Å². The van der Waals surface area contributed by atoms with Gasteiger partial charge < -0.3 is 22.1 Å². The Morgan fingerprint density at radius 3 is 2.40 bits per heavy atom. The fourth-order valence-corrected chi connectivity index (χ4v) is 2.75. The molecule has 2 aromatic rings. The second kappa shape index (κ2) is 5.29. The van der Waals surface area contributed by atoms with Crippen molar-refractivity contribution in [2.24, 2.45) is 11.5 Å². The molecular formula is C11H14N6O2S. The smallest absolute Gasteiger partial charge is 0.237 e. The predicted octanol–water partition coefficient (Wildman–Crippen LogP) is -0.641. The van der Waals surface area contributed by atoms with Gasteiger partial charge >= 0.3 is 0 Å². The number of primary amides is 2. The summed E-state index contributed by atoms with van der Waals surface area (Å²) in [6.45, 7) is 1.56. The van der Waals surface area contributed by atoms with E-state index in [0.717, 1.165) is 4.88 Å². The van der Waals surface area contributed by atoms with E-state index in [4.69, 9.17) is 17.2 Å². The van der Waals surface area contributed by atoms with Gasteiger partial charge in [0.1, 0.15) is 10.6 Å². The molecule has 0 atom stereocenters. The standard InChI is InChI=1S/C11H14N6O2S/c1-5-2-6-9(15-11(14)16-10(6)20-5)17(3-7(12)18)4-8(13)19/h2H,3-4H2,1H3,(H2,12,18)(H2,13,19)(H2,14,15,16). The lowest BCUT2D eigenvalue weighted by Crippen LogP contribution is -2.40. The highest BCUT2D eigenvalue weighted by Gasteiger charge is 2.19. The predicted molar refractivity (Wildman–Crippen MR) is 77.2 cm³/mol. The molecule has 0 aliphatic heterocycles. The van der Waals surface area contributed by atoms with Crippen LogP contribution in [0.4, 0.5) is 11.8 Å². The molecule has 0 bridgehead atoms. The molecule has 2 aromatic heterocycles. The van der Waals surface area contributed by atoms with E-state index in [1.165, 1.54) is 16.2 Å². The molecule has 0 unspecified atom stereocenters. The Labute approximate surface area is 118 Å². The van der Waals surface area contributed by atoms with Gasteiger partial charge in [-0.15, -0.1) is 11.3 Å². The zero-order valence-electron chi connectivity index (χ0n) is 10.8. The average Bonchev–Trinajstić information content (AvgIpc) is 2.65. The molecule has 20 heavy (non-hydrogen) atoms. The number of amides is 2. The van der Waals surface area contributed by atoms with Gasteiger partial charge in [0.05, 0.1) is 18.5 Å². The SMILES string of the molecule is Cc1cc2c(N(CC(N)=O)CC(N)=O)nc(N)nc2s1. The first kappa shape index (κ1) is 14.0. The number of nitrogens with two attached hydrogens (primary N) is 3. The first-order valence-electron chi connectivity index (χ1n) is 5.72. The van der Waals surface area contributed by atoms with Gasteiger partial charge in [-0.05, 0) is 13.0 Å². The van der Waals surface area contributed by atoms with Crippen LogP contribution in [-0.4, -0.2) is 34.9 Å². The van der Waals surface area contributed by atoms with Crippen molar-refractivity contribution in [1.29, 1.82) is 0 Å². The molecule has 2 rings (SSSR count). The lowest BCUT2D eigenvalue weighted by Gasteiger charge is -2.21. The molecule has 0 saturated heterocycles. The molecule has 2 heterocycles. The average molecular weight is 294 g/mol. The number of nitrogen functional groups attached to an aromatic ring is 1. The van der Waals surface area contributed by atoms with Gasteiger partial charge in [0, 0.05) is 4.88 Å². The number of carbonyl (C=O) groups excluding carboxylic acids is 2. The zero-order valence-corrected chi connectivity index (χ0v) is 11.6. The van der Waals surface area contributed by atoms with Gasteiger partial charge in [0.2, 0.25) is 17.8 Å². The van der Waals surface area contributed by atoms with Gasteiger partial charge in [-0.2, -0.15) is 4.98 Å². The maximum atomic E-state index is 11.1. The van der Waals surface area contributed by atoms with Crippen LogP contribution in [0.1, 0.15) is 4.88 Å². The summed E-state index contributed by atoms with van der Waals surface area (Å²) in [5.41, 5.74) is 16.0. The fraction of sp³-hybridized carbons (Fsp3) is 0.273. The highest BCUT2D eigenvalue weighted by Crippen LogP contribution is 2.31. The van der Waals surface area contributed by atoms with Gasteiger partial charge in [0.25, 0.3) is 0 Å². The van der Waals surface area contributed by atoms with Crippen LogP contribution in [0.3, 0.4) is 0 Å². The number of aryl methyl sites for hydroxylation is 1. The maximum absolute atomic E-state index is 11.1. The highest BCUT2D eigenvalue weighted by atomic mass is 32.1. The van der Waals surface area contributed by atoms with Crippen molar-refractivity contribution in [3.05, 3.63) is 10.9 Å². The van der Waals surface area contributed by atoms with Crippen LogP contribution in [0.5, 0.6) is 0 Å².